The van der Waals surface area contributed by atoms with Crippen molar-refractivity contribution >= 4 is 17.1 Å². The van der Waals surface area contributed by atoms with Crippen molar-refractivity contribution in [2.24, 2.45) is 5.73 Å². The van der Waals surface area contributed by atoms with Gasteiger partial charge in [-0.3, -0.25) is 0 Å². The fourth-order valence-corrected chi connectivity index (χ4v) is 3.15. The summed E-state index contributed by atoms with van der Waals surface area (Å²) in [6.45, 7) is 0. The van der Waals surface area contributed by atoms with Crippen molar-refractivity contribution in [3.63, 3.8) is 0 Å². The van der Waals surface area contributed by atoms with Gasteiger partial charge in [-0.1, -0.05) is 42.5 Å². The number of hydrogen-bond acceptors (Lipinski definition) is 4. The minimum atomic E-state index is -0.843. The van der Waals surface area contributed by atoms with Crippen LogP contribution in [0.5, 0.6) is 11.5 Å². The van der Waals surface area contributed by atoms with E-state index in [1.54, 1.807) is 25.3 Å². The molecule has 6 nitrogen and oxygen atoms in total. The second-order valence-corrected chi connectivity index (χ2v) is 6.37. The summed E-state index contributed by atoms with van der Waals surface area (Å²) in [4.78, 5) is 18.7. The van der Waals surface area contributed by atoms with Gasteiger partial charge >= 0.3 is 6.09 Å². The van der Waals surface area contributed by atoms with Crippen LogP contribution in [0.25, 0.3) is 22.4 Å². The largest absolute Gasteiger partial charge is 0.496 e. The summed E-state index contributed by atoms with van der Waals surface area (Å²) in [5.74, 6) is 2.01. The van der Waals surface area contributed by atoms with Crippen molar-refractivity contribution in [3.05, 3.63) is 77.9 Å². The van der Waals surface area contributed by atoms with Crippen LogP contribution in [0, 0.1) is 0 Å². The lowest BCUT2D eigenvalue weighted by atomic mass is 10.0. The number of ether oxygens (including phenoxy) is 2. The molecule has 0 spiro atoms. The van der Waals surface area contributed by atoms with Gasteiger partial charge in [0.25, 0.3) is 0 Å². The Labute approximate surface area is 161 Å². The Balaban J connectivity index is 1.57. The summed E-state index contributed by atoms with van der Waals surface area (Å²) in [5, 5.41) is 0. The molecule has 6 heteroatoms. The molecule has 0 saturated heterocycles. The predicted octanol–water partition coefficient (Wildman–Crippen LogP) is 4.29. The van der Waals surface area contributed by atoms with Gasteiger partial charge in [-0.15, -0.1) is 0 Å². The molecule has 4 aromatic rings. The van der Waals surface area contributed by atoms with E-state index in [9.17, 15) is 4.79 Å². The van der Waals surface area contributed by atoms with Gasteiger partial charge in [-0.25, -0.2) is 9.78 Å². The number of imidazole rings is 1. The molecule has 3 aromatic carbocycles. The molecule has 0 fully saturated rings. The molecule has 0 aliphatic rings. The molecule has 0 bridgehead atoms. The van der Waals surface area contributed by atoms with Crippen molar-refractivity contribution in [3.8, 4) is 22.9 Å². The minimum Gasteiger partial charge on any atom is -0.496 e. The summed E-state index contributed by atoms with van der Waals surface area (Å²) in [6.07, 6.45) is -0.0529. The van der Waals surface area contributed by atoms with Gasteiger partial charge in [-0.05, 0) is 29.3 Å². The van der Waals surface area contributed by atoms with Crippen LogP contribution in [0.15, 0.2) is 66.7 Å². The summed E-state index contributed by atoms with van der Waals surface area (Å²) in [7, 11) is 1.68. The number of nitrogens with one attached hydrogen (secondary N) is 1. The van der Waals surface area contributed by atoms with Gasteiger partial charge in [0.1, 0.15) is 17.3 Å². The molecular weight excluding hydrogens is 354 g/mol. The van der Waals surface area contributed by atoms with E-state index < -0.39 is 6.09 Å². The van der Waals surface area contributed by atoms with E-state index in [-0.39, 0.29) is 0 Å². The molecule has 0 atom stereocenters. The molecule has 3 N–H and O–H groups in total. The first kappa shape index (κ1) is 17.6. The number of fused-ring (bicyclic) bond motifs is 1. The third-order valence-corrected chi connectivity index (χ3v) is 4.49. The topological polar surface area (TPSA) is 90.2 Å². The van der Waals surface area contributed by atoms with E-state index in [1.807, 2.05) is 30.3 Å². The summed E-state index contributed by atoms with van der Waals surface area (Å²) >= 11 is 0. The van der Waals surface area contributed by atoms with E-state index in [0.717, 1.165) is 40.2 Å². The first-order valence-corrected chi connectivity index (χ1v) is 8.80. The van der Waals surface area contributed by atoms with Crippen LogP contribution in [0.3, 0.4) is 0 Å². The molecule has 0 aliphatic carbocycles. The fraction of sp³-hybridized carbons (Fsp3) is 0.0909. The van der Waals surface area contributed by atoms with Crippen molar-refractivity contribution in [2.75, 3.05) is 7.11 Å². The lowest BCUT2D eigenvalue weighted by molar-refractivity contribution is 0.211. The highest BCUT2D eigenvalue weighted by atomic mass is 16.5. The smallest absolute Gasteiger partial charge is 0.409 e. The van der Waals surface area contributed by atoms with Crippen LogP contribution in [-0.2, 0) is 6.42 Å². The molecule has 1 amide bonds. The highest BCUT2D eigenvalue weighted by Crippen LogP contribution is 2.26. The van der Waals surface area contributed by atoms with E-state index in [4.69, 9.17) is 15.2 Å². The number of para-hydroxylation sites is 1. The maximum absolute atomic E-state index is 10.9. The molecule has 140 valence electrons. The average molecular weight is 373 g/mol. The maximum Gasteiger partial charge on any atom is 0.409 e. The Morgan fingerprint density at radius 2 is 1.86 bits per heavy atom. The Morgan fingerprint density at radius 3 is 2.61 bits per heavy atom. The SMILES string of the molecule is COc1ccccc1Cc1ccc(-c2nc3ccc(OC(N)=O)cc3[nH]2)cc1. The first-order valence-electron chi connectivity index (χ1n) is 8.80. The van der Waals surface area contributed by atoms with E-state index in [1.165, 1.54) is 5.56 Å². The van der Waals surface area contributed by atoms with Crippen molar-refractivity contribution in [1.82, 2.24) is 9.97 Å². The second-order valence-electron chi connectivity index (χ2n) is 6.37. The zero-order valence-corrected chi connectivity index (χ0v) is 15.3. The number of H-pyrrole nitrogens is 1. The summed E-state index contributed by atoms with van der Waals surface area (Å²) in [6, 6.07) is 21.4. The number of nitrogens with zero attached hydrogens (tertiary/aromatic N) is 1. The average Bonchev–Trinajstić information content (AvgIpc) is 3.12. The van der Waals surface area contributed by atoms with Crippen molar-refractivity contribution in [2.45, 2.75) is 6.42 Å². The van der Waals surface area contributed by atoms with Crippen molar-refractivity contribution in [1.29, 1.82) is 0 Å². The number of aromatic amines is 1. The molecule has 0 saturated carbocycles. The van der Waals surface area contributed by atoms with E-state index in [0.29, 0.717) is 5.75 Å². The maximum atomic E-state index is 10.9. The number of nitrogens with two attached hydrogens (primary N) is 1. The van der Waals surface area contributed by atoms with Crippen LogP contribution in [0.4, 0.5) is 4.79 Å². The molecule has 0 unspecified atom stereocenters. The van der Waals surface area contributed by atoms with Gasteiger partial charge in [0.05, 0.1) is 18.1 Å². The van der Waals surface area contributed by atoms with Crippen molar-refractivity contribution < 1.29 is 14.3 Å². The van der Waals surface area contributed by atoms with Gasteiger partial charge in [0.15, 0.2) is 0 Å². The van der Waals surface area contributed by atoms with Crippen LogP contribution in [0.1, 0.15) is 11.1 Å². The lowest BCUT2D eigenvalue weighted by Gasteiger charge is -2.08. The number of rotatable bonds is 5. The number of amides is 1. The number of aromatic nitrogens is 2. The van der Waals surface area contributed by atoms with Gasteiger partial charge < -0.3 is 20.2 Å². The highest BCUT2D eigenvalue weighted by Gasteiger charge is 2.09. The highest BCUT2D eigenvalue weighted by molar-refractivity contribution is 5.81. The third-order valence-electron chi connectivity index (χ3n) is 4.49. The molecular formula is C22H19N3O3. The number of hydrogen-bond donors (Lipinski definition) is 2. The molecule has 4 rings (SSSR count). The first-order chi connectivity index (χ1) is 13.6. The van der Waals surface area contributed by atoms with Crippen LogP contribution >= 0.6 is 0 Å². The predicted molar refractivity (Wildman–Crippen MR) is 108 cm³/mol. The molecule has 28 heavy (non-hydrogen) atoms. The lowest BCUT2D eigenvalue weighted by Crippen LogP contribution is -2.16. The molecule has 0 aliphatic heterocycles. The van der Waals surface area contributed by atoms with Gasteiger partial charge in [0, 0.05) is 18.1 Å². The second kappa shape index (κ2) is 7.44. The Kier molecular flexibility index (Phi) is 4.68. The third kappa shape index (κ3) is 3.66. The zero-order valence-electron chi connectivity index (χ0n) is 15.3. The molecule has 1 heterocycles. The quantitative estimate of drug-likeness (QED) is 0.546. The number of primary amides is 1. The number of carbonyl (C=O) groups is 1. The van der Waals surface area contributed by atoms with E-state index >= 15 is 0 Å². The summed E-state index contributed by atoms with van der Waals surface area (Å²) in [5.41, 5.74) is 9.90. The van der Waals surface area contributed by atoms with Crippen LogP contribution in [-0.4, -0.2) is 23.2 Å². The number of benzene rings is 3. The molecule has 1 aromatic heterocycles. The van der Waals surface area contributed by atoms with E-state index in [2.05, 4.69) is 28.2 Å². The summed E-state index contributed by atoms with van der Waals surface area (Å²) < 4.78 is 10.3. The monoisotopic (exact) mass is 373 g/mol. The Morgan fingerprint density at radius 1 is 1.07 bits per heavy atom. The number of carbonyl (C=O) groups excluding carboxylic acids is 1. The van der Waals surface area contributed by atoms with Crippen LogP contribution < -0.4 is 15.2 Å². The standard InChI is InChI=1S/C22H19N3O3/c1-27-20-5-3-2-4-16(20)12-14-6-8-15(9-7-14)21-24-18-11-10-17(28-22(23)26)13-19(18)25-21/h2-11,13H,12H2,1H3,(H2,23,26)(H,24,25). The van der Waals surface area contributed by atoms with Crippen LogP contribution in [0.2, 0.25) is 0 Å². The normalized spacial score (nSPS) is 10.8. The Bertz CT molecular complexity index is 1130. The van der Waals surface area contributed by atoms with Gasteiger partial charge in [-0.2, -0.15) is 0 Å². The zero-order chi connectivity index (χ0) is 19.5. The fourth-order valence-electron chi connectivity index (χ4n) is 3.15. The van der Waals surface area contributed by atoms with Gasteiger partial charge in [0.2, 0.25) is 0 Å². The number of methoxy groups -OCH3 is 1. The minimum absolute atomic E-state index is 0.377. The Hall–Kier alpha value is -3.80. The molecule has 0 radical (unpaired) electrons.